The molecule has 2 aliphatic heterocycles. The zero-order valence-corrected chi connectivity index (χ0v) is 20.1. The van der Waals surface area contributed by atoms with Crippen molar-refractivity contribution in [3.8, 4) is 12.3 Å². The lowest BCUT2D eigenvalue weighted by Crippen LogP contribution is -2.71. The van der Waals surface area contributed by atoms with Crippen LogP contribution in [0.2, 0.25) is 0 Å². The van der Waals surface area contributed by atoms with Crippen LogP contribution in [0.5, 0.6) is 0 Å². The Morgan fingerprint density at radius 2 is 2.17 bits per heavy atom. The average Bonchev–Trinajstić information content (AvgIpc) is 3.33. The average molecular weight is 527 g/mol. The van der Waals surface area contributed by atoms with E-state index in [9.17, 15) is 24.3 Å². The number of oxime groups is 1. The van der Waals surface area contributed by atoms with Gasteiger partial charge in [-0.3, -0.25) is 19.3 Å². The summed E-state index contributed by atoms with van der Waals surface area (Å²) in [6.45, 7) is 0.0614. The highest BCUT2D eigenvalue weighted by molar-refractivity contribution is 8.00. The smallest absolute Gasteiger partial charge is 0.276 e. The van der Waals surface area contributed by atoms with Gasteiger partial charge in [-0.25, -0.2) is 9.55 Å². The Morgan fingerprint density at radius 1 is 1.39 bits per heavy atom. The second-order valence-corrected chi connectivity index (χ2v) is 9.33. The molecule has 184 valence electrons. The van der Waals surface area contributed by atoms with Gasteiger partial charge in [-0.2, -0.15) is 0 Å². The Morgan fingerprint density at radius 3 is 2.86 bits per heavy atom. The van der Waals surface area contributed by atoms with Crippen molar-refractivity contribution in [1.82, 2.24) is 15.2 Å². The van der Waals surface area contributed by atoms with Gasteiger partial charge in [0, 0.05) is 28.8 Å². The SMILES string of the molecule is C#CCON=C(C(=O)NC1C(=O)N2C(C(=O)[O-])=C(C[n+]3ccccc3)CS[C@@H]12)c1csc(NC=O)n1. The van der Waals surface area contributed by atoms with Gasteiger partial charge in [-0.1, -0.05) is 17.1 Å². The first kappa shape index (κ1) is 24.9. The number of terminal acetylenes is 1. The number of carboxylic acid groups (broad SMARTS) is 1. The number of nitrogens with zero attached hydrogens (tertiary/aromatic N) is 4. The van der Waals surface area contributed by atoms with Gasteiger partial charge in [-0.05, 0) is 0 Å². The molecule has 2 aromatic heterocycles. The molecule has 4 heterocycles. The molecular formula is C22H18N6O6S2. The van der Waals surface area contributed by atoms with Gasteiger partial charge in [0.15, 0.2) is 36.4 Å². The Bertz CT molecular complexity index is 1300. The van der Waals surface area contributed by atoms with Crippen molar-refractivity contribution in [3.05, 3.63) is 52.9 Å². The highest BCUT2D eigenvalue weighted by Crippen LogP contribution is 2.40. The van der Waals surface area contributed by atoms with E-state index in [1.807, 2.05) is 18.2 Å². The number of hydrogen-bond acceptors (Lipinski definition) is 10. The molecule has 2 aliphatic rings. The monoisotopic (exact) mass is 526 g/mol. The number of thioether (sulfide) groups is 1. The van der Waals surface area contributed by atoms with E-state index in [4.69, 9.17) is 11.3 Å². The second kappa shape index (κ2) is 11.0. The number of carbonyl (C=O) groups excluding carboxylic acids is 4. The molecule has 0 aliphatic carbocycles. The van der Waals surface area contributed by atoms with Crippen molar-refractivity contribution in [2.24, 2.45) is 5.16 Å². The third kappa shape index (κ3) is 5.07. The maximum Gasteiger partial charge on any atom is 0.276 e. The first-order chi connectivity index (χ1) is 17.4. The number of amides is 3. The van der Waals surface area contributed by atoms with Gasteiger partial charge < -0.3 is 25.4 Å². The quantitative estimate of drug-likeness (QED) is 0.0717. The number of carbonyl (C=O) groups is 4. The topological polar surface area (TPSA) is 157 Å². The molecule has 1 unspecified atom stereocenters. The lowest BCUT2D eigenvalue weighted by atomic mass is 10.0. The van der Waals surface area contributed by atoms with Crippen molar-refractivity contribution in [1.29, 1.82) is 0 Å². The third-order valence-electron chi connectivity index (χ3n) is 5.13. The first-order valence-electron chi connectivity index (χ1n) is 10.4. The van der Waals surface area contributed by atoms with Crippen LogP contribution in [0.3, 0.4) is 0 Å². The van der Waals surface area contributed by atoms with Crippen molar-refractivity contribution < 1.29 is 33.7 Å². The van der Waals surface area contributed by atoms with Gasteiger partial charge in [0.25, 0.3) is 11.8 Å². The predicted octanol–water partition coefficient (Wildman–Crippen LogP) is -1.54. The largest absolute Gasteiger partial charge is 0.543 e. The maximum absolute atomic E-state index is 13.0. The fraction of sp³-hybridized carbons (Fsp3) is 0.227. The minimum absolute atomic E-state index is 0.0938. The second-order valence-electron chi connectivity index (χ2n) is 7.37. The van der Waals surface area contributed by atoms with Crippen LogP contribution in [0.25, 0.3) is 0 Å². The number of carboxylic acids is 1. The van der Waals surface area contributed by atoms with Crippen molar-refractivity contribution >= 4 is 58.1 Å². The standard InChI is InChI=1S/C22H18N6O6S2/c1-2-8-34-26-15(14-11-36-22(24-14)23-12-29)18(30)25-16-19(31)28-17(21(32)33)13(10-35-20(16)28)9-27-6-4-3-5-7-27/h1,3-7,11-12,16,20H,8-10H2,(H2-,23,24,25,29,30,32,33)/t16?,20-/m0/s1. The number of hydrogen-bond donors (Lipinski definition) is 2. The highest BCUT2D eigenvalue weighted by Gasteiger charge is 2.53. The number of aliphatic carboxylic acids is 1. The van der Waals surface area contributed by atoms with Crippen molar-refractivity contribution in [3.63, 3.8) is 0 Å². The molecule has 0 aromatic carbocycles. The summed E-state index contributed by atoms with van der Waals surface area (Å²) in [5.41, 5.74) is 0.162. The number of anilines is 1. The maximum atomic E-state index is 13.0. The fourth-order valence-electron chi connectivity index (χ4n) is 3.60. The van der Waals surface area contributed by atoms with Gasteiger partial charge in [0.05, 0.1) is 11.7 Å². The minimum Gasteiger partial charge on any atom is -0.543 e. The first-order valence-corrected chi connectivity index (χ1v) is 12.3. The van der Waals surface area contributed by atoms with Gasteiger partial charge >= 0.3 is 0 Å². The van der Waals surface area contributed by atoms with Gasteiger partial charge in [0.1, 0.15) is 17.1 Å². The third-order valence-corrected chi connectivity index (χ3v) is 7.24. The number of nitrogens with one attached hydrogen (secondary N) is 2. The van der Waals surface area contributed by atoms with E-state index in [-0.39, 0.29) is 35.4 Å². The van der Waals surface area contributed by atoms with Crippen molar-refractivity contribution in [2.45, 2.75) is 18.0 Å². The van der Waals surface area contributed by atoms with Crippen LogP contribution in [0.1, 0.15) is 5.69 Å². The zero-order valence-electron chi connectivity index (χ0n) is 18.4. The van der Waals surface area contributed by atoms with Crippen LogP contribution in [0, 0.1) is 12.3 Å². The Balaban J connectivity index is 1.53. The normalized spacial score (nSPS) is 19.0. The summed E-state index contributed by atoms with van der Waals surface area (Å²) in [5, 5.41) is 21.7. The summed E-state index contributed by atoms with van der Waals surface area (Å²) >= 11 is 2.37. The molecule has 2 aromatic rings. The van der Waals surface area contributed by atoms with E-state index in [0.29, 0.717) is 17.7 Å². The lowest BCUT2D eigenvalue weighted by Gasteiger charge is -2.50. The van der Waals surface area contributed by atoms with Crippen molar-refractivity contribution in [2.75, 3.05) is 17.7 Å². The van der Waals surface area contributed by atoms with Crippen LogP contribution >= 0.6 is 23.1 Å². The van der Waals surface area contributed by atoms with Crippen LogP contribution in [-0.2, 0) is 30.6 Å². The number of fused-ring (bicyclic) bond motifs is 1. The van der Waals surface area contributed by atoms with E-state index in [2.05, 4.69) is 26.7 Å². The Hall–Kier alpha value is -4.22. The van der Waals surface area contributed by atoms with Gasteiger partial charge in [0.2, 0.25) is 6.41 Å². The van der Waals surface area contributed by atoms with Gasteiger partial charge in [-0.15, -0.1) is 29.5 Å². The summed E-state index contributed by atoms with van der Waals surface area (Å²) in [6.07, 6.45) is 9.16. The molecule has 0 saturated carbocycles. The molecular weight excluding hydrogens is 508 g/mol. The summed E-state index contributed by atoms with van der Waals surface area (Å²) in [7, 11) is 0. The fourth-order valence-corrected chi connectivity index (χ4v) is 5.59. The predicted molar refractivity (Wildman–Crippen MR) is 127 cm³/mol. The molecule has 0 spiro atoms. The van der Waals surface area contributed by atoms with E-state index in [1.54, 1.807) is 17.0 Å². The summed E-state index contributed by atoms with van der Waals surface area (Å²) in [5.74, 6) is -0.303. The number of thiazole rings is 1. The number of rotatable bonds is 10. The summed E-state index contributed by atoms with van der Waals surface area (Å²) < 4.78 is 1.79. The minimum atomic E-state index is -1.47. The van der Waals surface area contributed by atoms with E-state index in [1.165, 1.54) is 17.1 Å². The Kier molecular flexibility index (Phi) is 7.62. The molecule has 12 nitrogen and oxygen atoms in total. The Labute approximate surface area is 213 Å². The van der Waals surface area contributed by atoms with Crippen LogP contribution in [0.4, 0.5) is 5.13 Å². The lowest BCUT2D eigenvalue weighted by molar-refractivity contribution is -0.689. The molecule has 1 fully saturated rings. The molecule has 0 bridgehead atoms. The number of pyridine rings is 1. The zero-order chi connectivity index (χ0) is 25.7. The molecule has 1 saturated heterocycles. The van der Waals surface area contributed by atoms with Crippen LogP contribution in [0.15, 0.2) is 52.4 Å². The van der Waals surface area contributed by atoms with E-state index < -0.39 is 29.2 Å². The molecule has 14 heteroatoms. The van der Waals surface area contributed by atoms with Crippen LogP contribution in [-0.4, -0.2) is 63.6 Å². The number of aromatic nitrogens is 2. The summed E-state index contributed by atoms with van der Waals surface area (Å²) in [6, 6.07) is 4.45. The molecule has 3 amide bonds. The molecule has 36 heavy (non-hydrogen) atoms. The van der Waals surface area contributed by atoms with E-state index >= 15 is 0 Å². The molecule has 4 rings (SSSR count). The van der Waals surface area contributed by atoms with Crippen LogP contribution < -0.4 is 20.3 Å². The number of β-lactam (4-membered cyclic amide) rings is 1. The highest BCUT2D eigenvalue weighted by atomic mass is 32.2. The molecule has 0 radical (unpaired) electrons. The summed E-state index contributed by atoms with van der Waals surface area (Å²) in [4.78, 5) is 58.8. The molecule has 2 N–H and O–H groups in total. The van der Waals surface area contributed by atoms with E-state index in [0.717, 1.165) is 16.2 Å². The molecule has 2 atom stereocenters.